The average Bonchev–Trinajstić information content (AvgIpc) is 3.27. The number of carbonyl (C=O) groups excluding carboxylic acids is 1. The summed E-state index contributed by atoms with van der Waals surface area (Å²) in [6.07, 6.45) is 1.15. The molecule has 0 aliphatic rings. The number of sulfonamides is 1. The number of hydrogen-bond donors (Lipinski definition) is 3. The van der Waals surface area contributed by atoms with Crippen molar-refractivity contribution >= 4 is 44.1 Å². The molecule has 194 valence electrons. The van der Waals surface area contributed by atoms with E-state index in [-0.39, 0.29) is 33.5 Å². The average molecular weight is 554 g/mol. The molecule has 0 aliphatic heterocycles. The number of nitrogens with zero attached hydrogens (tertiary/aromatic N) is 2. The zero-order chi connectivity index (χ0) is 27.1. The number of anilines is 1. The van der Waals surface area contributed by atoms with Crippen molar-refractivity contribution in [3.05, 3.63) is 64.7 Å². The lowest BCUT2D eigenvalue weighted by atomic mass is 10.0. The number of methoxy groups -OCH3 is 1. The summed E-state index contributed by atoms with van der Waals surface area (Å²) >= 11 is 5.84. The van der Waals surface area contributed by atoms with Gasteiger partial charge in [0.05, 0.1) is 23.4 Å². The fraction of sp³-hybridized carbons (Fsp3) is 0.174. The molecule has 4 aromatic rings. The molecule has 0 aliphatic carbocycles. The molecular weight excluding hydrogens is 535 g/mol. The van der Waals surface area contributed by atoms with Crippen molar-refractivity contribution < 1.29 is 31.1 Å². The highest BCUT2D eigenvalue weighted by Crippen LogP contribution is 2.36. The van der Waals surface area contributed by atoms with Crippen molar-refractivity contribution in [3.63, 3.8) is 0 Å². The number of rotatable bonds is 7. The van der Waals surface area contributed by atoms with Gasteiger partial charge in [-0.05, 0) is 38.1 Å². The number of amides is 1. The molecule has 0 saturated heterocycles. The van der Waals surface area contributed by atoms with Crippen molar-refractivity contribution in [2.45, 2.75) is 24.8 Å². The number of pyridine rings is 1. The van der Waals surface area contributed by atoms with Gasteiger partial charge < -0.3 is 10.1 Å². The van der Waals surface area contributed by atoms with E-state index in [1.54, 1.807) is 13.8 Å². The summed E-state index contributed by atoms with van der Waals surface area (Å²) in [5.41, 5.74) is -2.40. The first-order valence-electron chi connectivity index (χ1n) is 10.6. The minimum atomic E-state index is -4.51. The van der Waals surface area contributed by atoms with Crippen LogP contribution in [0.3, 0.4) is 0 Å². The fourth-order valence-corrected chi connectivity index (χ4v) is 5.01. The van der Waals surface area contributed by atoms with Crippen LogP contribution in [0.2, 0.25) is 5.02 Å². The van der Waals surface area contributed by atoms with Crippen molar-refractivity contribution in [1.29, 1.82) is 0 Å². The van der Waals surface area contributed by atoms with E-state index in [4.69, 9.17) is 16.3 Å². The Morgan fingerprint density at radius 1 is 1.14 bits per heavy atom. The monoisotopic (exact) mass is 553 g/mol. The van der Waals surface area contributed by atoms with Crippen LogP contribution >= 0.6 is 11.6 Å². The Kier molecular flexibility index (Phi) is 7.02. The summed E-state index contributed by atoms with van der Waals surface area (Å²) in [5.74, 6) is -4.51. The third-order valence-electron chi connectivity index (χ3n) is 5.18. The molecule has 0 radical (unpaired) electrons. The van der Waals surface area contributed by atoms with E-state index in [0.29, 0.717) is 0 Å². The third kappa shape index (κ3) is 4.91. The standard InChI is InChI=1S/C23H19ClF3N5O4S/c1-10(2)29-22(33)21-13-5-4-12(18(26)20(13)30-31-21)17-14(25)6-7-15(19(17)27)32-37(34,35)16-8-11(24)9-28-23(16)36-3/h4-10,32H,1-3H3,(H,29,33)(H,30,31). The minimum absolute atomic E-state index is 0.0271. The number of ether oxygens (including phenoxy) is 1. The molecule has 14 heteroatoms. The van der Waals surface area contributed by atoms with E-state index in [9.17, 15) is 17.6 Å². The largest absolute Gasteiger partial charge is 0.480 e. The number of aromatic nitrogens is 3. The van der Waals surface area contributed by atoms with Crippen molar-refractivity contribution in [2.75, 3.05) is 11.8 Å². The summed E-state index contributed by atoms with van der Waals surface area (Å²) in [5, 5.41) is 8.92. The van der Waals surface area contributed by atoms with Gasteiger partial charge in [0.1, 0.15) is 17.0 Å². The van der Waals surface area contributed by atoms with E-state index in [0.717, 1.165) is 30.5 Å². The molecule has 0 fully saturated rings. The van der Waals surface area contributed by atoms with Gasteiger partial charge in [0.15, 0.2) is 16.5 Å². The number of nitrogens with one attached hydrogen (secondary N) is 3. The number of benzene rings is 2. The maximum atomic E-state index is 15.5. The number of carbonyl (C=O) groups is 1. The molecule has 2 heterocycles. The first-order chi connectivity index (χ1) is 17.4. The summed E-state index contributed by atoms with van der Waals surface area (Å²) in [6, 6.07) is 4.81. The van der Waals surface area contributed by atoms with Crippen LogP contribution in [0, 0.1) is 17.5 Å². The molecule has 3 N–H and O–H groups in total. The highest BCUT2D eigenvalue weighted by atomic mass is 35.5. The zero-order valence-corrected chi connectivity index (χ0v) is 21.1. The molecule has 0 atom stereocenters. The number of fused-ring (bicyclic) bond motifs is 1. The zero-order valence-electron chi connectivity index (χ0n) is 19.5. The lowest BCUT2D eigenvalue weighted by molar-refractivity contribution is 0.0939. The molecule has 2 aromatic carbocycles. The summed E-state index contributed by atoms with van der Waals surface area (Å²) in [4.78, 5) is 15.6. The molecule has 0 bridgehead atoms. The molecule has 2 aromatic heterocycles. The van der Waals surface area contributed by atoms with E-state index < -0.39 is 55.1 Å². The number of halogens is 4. The second kappa shape index (κ2) is 9.90. The van der Waals surface area contributed by atoms with Crippen LogP contribution < -0.4 is 14.8 Å². The highest BCUT2D eigenvalue weighted by Gasteiger charge is 2.27. The smallest absolute Gasteiger partial charge is 0.270 e. The second-order valence-corrected chi connectivity index (χ2v) is 10.2. The maximum Gasteiger partial charge on any atom is 0.270 e. The van der Waals surface area contributed by atoms with Crippen LogP contribution in [0.4, 0.5) is 18.9 Å². The van der Waals surface area contributed by atoms with Crippen molar-refractivity contribution in [2.24, 2.45) is 0 Å². The topological polar surface area (TPSA) is 126 Å². The van der Waals surface area contributed by atoms with Gasteiger partial charge in [-0.3, -0.25) is 14.6 Å². The van der Waals surface area contributed by atoms with Crippen LogP contribution in [-0.2, 0) is 10.0 Å². The van der Waals surface area contributed by atoms with Gasteiger partial charge in [0, 0.05) is 23.2 Å². The molecule has 1 amide bonds. The molecule has 4 rings (SSSR count). The van der Waals surface area contributed by atoms with Gasteiger partial charge in [-0.2, -0.15) is 5.10 Å². The Bertz CT molecular complexity index is 1640. The van der Waals surface area contributed by atoms with Gasteiger partial charge in [0.25, 0.3) is 15.9 Å². The SMILES string of the molecule is COc1ncc(Cl)cc1S(=O)(=O)Nc1ccc(F)c(-c2ccc3c(C(=O)NC(C)C)[nH]nc3c2F)c1F. The summed E-state index contributed by atoms with van der Waals surface area (Å²) < 4.78 is 78.4. The van der Waals surface area contributed by atoms with E-state index in [1.807, 2.05) is 4.72 Å². The first-order valence-corrected chi connectivity index (χ1v) is 12.5. The van der Waals surface area contributed by atoms with Gasteiger partial charge in [-0.25, -0.2) is 26.6 Å². The Balaban J connectivity index is 1.79. The molecular formula is C23H19ClF3N5O4S. The number of H-pyrrole nitrogens is 1. The Morgan fingerprint density at radius 3 is 2.54 bits per heavy atom. The highest BCUT2D eigenvalue weighted by molar-refractivity contribution is 7.92. The molecule has 0 spiro atoms. The summed E-state index contributed by atoms with van der Waals surface area (Å²) in [6.45, 7) is 3.47. The van der Waals surface area contributed by atoms with Gasteiger partial charge in [-0.1, -0.05) is 17.7 Å². The van der Waals surface area contributed by atoms with Crippen molar-refractivity contribution in [1.82, 2.24) is 20.5 Å². The maximum absolute atomic E-state index is 15.5. The number of aromatic amines is 1. The third-order valence-corrected chi connectivity index (χ3v) is 6.75. The lowest BCUT2D eigenvalue weighted by Crippen LogP contribution is -2.30. The molecule has 0 unspecified atom stereocenters. The minimum Gasteiger partial charge on any atom is -0.480 e. The summed E-state index contributed by atoms with van der Waals surface area (Å²) in [7, 11) is -3.34. The van der Waals surface area contributed by atoms with Crippen LogP contribution in [0.15, 0.2) is 41.4 Å². The fourth-order valence-electron chi connectivity index (χ4n) is 3.58. The molecule has 37 heavy (non-hydrogen) atoms. The van der Waals surface area contributed by atoms with E-state index in [2.05, 4.69) is 20.5 Å². The van der Waals surface area contributed by atoms with Crippen molar-refractivity contribution in [3.8, 4) is 17.0 Å². The normalized spacial score (nSPS) is 11.7. The lowest BCUT2D eigenvalue weighted by Gasteiger charge is -2.14. The quantitative estimate of drug-likeness (QED) is 0.306. The van der Waals surface area contributed by atoms with Gasteiger partial charge in [0.2, 0.25) is 5.88 Å². The van der Waals surface area contributed by atoms with E-state index in [1.165, 1.54) is 13.2 Å². The number of hydrogen-bond acceptors (Lipinski definition) is 6. The Hall–Kier alpha value is -3.84. The van der Waals surface area contributed by atoms with Crippen LogP contribution in [0.1, 0.15) is 24.3 Å². The van der Waals surface area contributed by atoms with Gasteiger partial charge in [-0.15, -0.1) is 0 Å². The second-order valence-electron chi connectivity index (χ2n) is 8.10. The molecule has 9 nitrogen and oxygen atoms in total. The van der Waals surface area contributed by atoms with Gasteiger partial charge >= 0.3 is 0 Å². The van der Waals surface area contributed by atoms with Crippen LogP contribution in [0.5, 0.6) is 5.88 Å². The first kappa shape index (κ1) is 26.2. The van der Waals surface area contributed by atoms with Crippen LogP contribution in [0.25, 0.3) is 22.0 Å². The van der Waals surface area contributed by atoms with E-state index >= 15 is 8.78 Å². The molecule has 0 saturated carbocycles. The Labute approximate surface area is 214 Å². The Morgan fingerprint density at radius 2 is 1.86 bits per heavy atom. The predicted octanol–water partition coefficient (Wildman–Crippen LogP) is 4.64. The predicted molar refractivity (Wildman–Crippen MR) is 131 cm³/mol. The van der Waals surface area contributed by atoms with Crippen LogP contribution in [-0.4, -0.2) is 42.7 Å².